The summed E-state index contributed by atoms with van der Waals surface area (Å²) in [6.45, 7) is 0. The minimum atomic E-state index is -4.76. The summed E-state index contributed by atoms with van der Waals surface area (Å²) in [5.74, 6) is -1.19. The first kappa shape index (κ1) is 12.5. The van der Waals surface area contributed by atoms with Gasteiger partial charge in [0.15, 0.2) is 0 Å². The molecule has 15 heavy (non-hydrogen) atoms. The zero-order valence-corrected chi connectivity index (χ0v) is 8.60. The van der Waals surface area contributed by atoms with Crippen molar-refractivity contribution in [3.05, 3.63) is 28.0 Å². The molecule has 0 atom stereocenters. The summed E-state index contributed by atoms with van der Waals surface area (Å²) >= 11 is 2.55. The zero-order chi connectivity index (χ0) is 11.8. The van der Waals surface area contributed by atoms with Crippen molar-refractivity contribution in [2.45, 2.75) is 6.18 Å². The van der Waals surface area contributed by atoms with Crippen molar-refractivity contribution in [2.75, 3.05) is 0 Å². The maximum absolute atomic E-state index is 12.8. The molecule has 0 aromatic heterocycles. The van der Waals surface area contributed by atoms with Gasteiger partial charge in [0.2, 0.25) is 0 Å². The molecular weight excluding hydrogens is 283 g/mol. The minimum absolute atomic E-state index is 0.274. The van der Waals surface area contributed by atoms with Crippen LogP contribution < -0.4 is 5.46 Å². The van der Waals surface area contributed by atoms with E-state index in [1.807, 2.05) is 0 Å². The molecule has 0 saturated carbocycles. The van der Waals surface area contributed by atoms with Crippen LogP contribution in [0, 0.1) is 5.82 Å². The lowest BCUT2D eigenvalue weighted by Gasteiger charge is -2.12. The van der Waals surface area contributed by atoms with E-state index in [-0.39, 0.29) is 6.07 Å². The number of benzene rings is 1. The molecule has 0 aliphatic carbocycles. The average Bonchev–Trinajstić information content (AvgIpc) is 2.06. The van der Waals surface area contributed by atoms with Crippen molar-refractivity contribution in [3.8, 4) is 0 Å². The topological polar surface area (TPSA) is 40.5 Å². The second-order valence-corrected chi connectivity index (χ2v) is 3.52. The van der Waals surface area contributed by atoms with Crippen LogP contribution >= 0.6 is 15.9 Å². The lowest BCUT2D eigenvalue weighted by Crippen LogP contribution is -2.33. The van der Waals surface area contributed by atoms with Crippen molar-refractivity contribution < 1.29 is 27.6 Å². The number of hydrogen-bond acceptors (Lipinski definition) is 2. The molecular formula is C7H4BBrF4O2. The molecule has 8 heteroatoms. The third-order valence-corrected chi connectivity index (χ3v) is 2.53. The Hall–Kier alpha value is -0.595. The lowest BCUT2D eigenvalue weighted by atomic mass is 9.79. The van der Waals surface area contributed by atoms with Crippen LogP contribution in [0.25, 0.3) is 0 Å². The molecule has 0 aliphatic heterocycles. The smallest absolute Gasteiger partial charge is 0.423 e. The summed E-state index contributed by atoms with van der Waals surface area (Å²) in [4.78, 5) is 0. The van der Waals surface area contributed by atoms with Crippen molar-refractivity contribution in [2.24, 2.45) is 0 Å². The van der Waals surface area contributed by atoms with E-state index < -0.39 is 34.6 Å². The normalized spacial score (nSPS) is 11.7. The van der Waals surface area contributed by atoms with Gasteiger partial charge in [0.05, 0.1) is 5.56 Å². The number of hydrogen-bond donors (Lipinski definition) is 2. The van der Waals surface area contributed by atoms with Gasteiger partial charge in [-0.3, -0.25) is 0 Å². The van der Waals surface area contributed by atoms with Gasteiger partial charge in [-0.25, -0.2) is 4.39 Å². The monoisotopic (exact) mass is 286 g/mol. The summed E-state index contributed by atoms with van der Waals surface area (Å²) in [7, 11) is -2.17. The first-order valence-corrected chi connectivity index (χ1v) is 4.45. The van der Waals surface area contributed by atoms with E-state index in [4.69, 9.17) is 10.0 Å². The summed E-state index contributed by atoms with van der Waals surface area (Å²) in [5, 5.41) is 17.4. The average molecular weight is 287 g/mol. The van der Waals surface area contributed by atoms with Gasteiger partial charge in [0, 0.05) is 4.47 Å². The van der Waals surface area contributed by atoms with Crippen molar-refractivity contribution in [1.82, 2.24) is 0 Å². The SMILES string of the molecule is OB(O)c1cc(F)cc(C(F)(F)F)c1Br. The maximum Gasteiger partial charge on any atom is 0.489 e. The molecule has 82 valence electrons. The highest BCUT2D eigenvalue weighted by molar-refractivity contribution is 9.10. The predicted octanol–water partition coefficient (Wildman–Crippen LogP) is 1.29. The quantitative estimate of drug-likeness (QED) is 0.603. The van der Waals surface area contributed by atoms with E-state index in [9.17, 15) is 17.6 Å². The first-order chi connectivity index (χ1) is 6.73. The standard InChI is InChI=1S/C7H4BBrF4O2/c9-6-4(7(11,12)13)1-3(10)2-5(6)8(14)15/h1-2,14-15H. The summed E-state index contributed by atoms with van der Waals surface area (Å²) in [5.41, 5.74) is -1.85. The van der Waals surface area contributed by atoms with Gasteiger partial charge in [-0.1, -0.05) is 15.9 Å². The van der Waals surface area contributed by atoms with Crippen LogP contribution in [0.2, 0.25) is 0 Å². The second kappa shape index (κ2) is 4.11. The van der Waals surface area contributed by atoms with Gasteiger partial charge in [-0.05, 0) is 17.6 Å². The maximum atomic E-state index is 12.8. The highest BCUT2D eigenvalue weighted by Gasteiger charge is 2.35. The van der Waals surface area contributed by atoms with Gasteiger partial charge >= 0.3 is 13.3 Å². The van der Waals surface area contributed by atoms with E-state index in [2.05, 4.69) is 15.9 Å². The van der Waals surface area contributed by atoms with Gasteiger partial charge in [-0.2, -0.15) is 13.2 Å². The highest BCUT2D eigenvalue weighted by Crippen LogP contribution is 2.34. The minimum Gasteiger partial charge on any atom is -0.423 e. The molecule has 1 aromatic carbocycles. The zero-order valence-electron chi connectivity index (χ0n) is 7.02. The molecule has 0 heterocycles. The summed E-state index contributed by atoms with van der Waals surface area (Å²) in [6.07, 6.45) is -4.76. The Morgan fingerprint density at radius 3 is 2.13 bits per heavy atom. The second-order valence-electron chi connectivity index (χ2n) is 2.73. The van der Waals surface area contributed by atoms with E-state index in [1.165, 1.54) is 0 Å². The third-order valence-electron chi connectivity index (χ3n) is 1.65. The van der Waals surface area contributed by atoms with Gasteiger partial charge in [0.1, 0.15) is 5.82 Å². The van der Waals surface area contributed by atoms with E-state index in [1.54, 1.807) is 0 Å². The van der Waals surface area contributed by atoms with Crippen LogP contribution in [-0.4, -0.2) is 17.2 Å². The molecule has 0 aliphatic rings. The lowest BCUT2D eigenvalue weighted by molar-refractivity contribution is -0.138. The van der Waals surface area contributed by atoms with Crippen LogP contribution in [0.1, 0.15) is 5.56 Å². The predicted molar refractivity (Wildman–Crippen MR) is 48.9 cm³/mol. The van der Waals surface area contributed by atoms with Gasteiger partial charge in [0.25, 0.3) is 0 Å². The third kappa shape index (κ3) is 2.70. The molecule has 0 bridgehead atoms. The van der Waals surface area contributed by atoms with Crippen LogP contribution in [0.15, 0.2) is 16.6 Å². The van der Waals surface area contributed by atoms with Crippen LogP contribution in [0.3, 0.4) is 0 Å². The van der Waals surface area contributed by atoms with Crippen LogP contribution in [0.4, 0.5) is 17.6 Å². The van der Waals surface area contributed by atoms with E-state index in [0.29, 0.717) is 6.07 Å². The Kier molecular flexibility index (Phi) is 3.42. The molecule has 2 N–H and O–H groups in total. The van der Waals surface area contributed by atoms with Gasteiger partial charge < -0.3 is 10.0 Å². The Labute approximate surface area is 90.8 Å². The first-order valence-electron chi connectivity index (χ1n) is 3.65. The van der Waals surface area contributed by atoms with Gasteiger partial charge in [-0.15, -0.1) is 0 Å². The van der Waals surface area contributed by atoms with Crippen molar-refractivity contribution in [1.29, 1.82) is 0 Å². The molecule has 2 nitrogen and oxygen atoms in total. The molecule has 0 radical (unpaired) electrons. The fourth-order valence-electron chi connectivity index (χ4n) is 1.00. The Morgan fingerprint density at radius 1 is 1.20 bits per heavy atom. The molecule has 1 rings (SSSR count). The molecule has 0 unspecified atom stereocenters. The van der Waals surface area contributed by atoms with Crippen LogP contribution in [0.5, 0.6) is 0 Å². The van der Waals surface area contributed by atoms with Crippen LogP contribution in [-0.2, 0) is 6.18 Å². The fourth-order valence-corrected chi connectivity index (χ4v) is 1.66. The van der Waals surface area contributed by atoms with Crippen molar-refractivity contribution in [3.63, 3.8) is 0 Å². The summed E-state index contributed by atoms with van der Waals surface area (Å²) < 4.78 is 49.1. The number of alkyl halides is 3. The molecule has 0 fully saturated rings. The Balaban J connectivity index is 3.42. The number of halogens is 5. The fraction of sp³-hybridized carbons (Fsp3) is 0.143. The Bertz CT molecular complexity index is 380. The molecule has 0 saturated heterocycles. The van der Waals surface area contributed by atoms with E-state index >= 15 is 0 Å². The van der Waals surface area contributed by atoms with E-state index in [0.717, 1.165) is 0 Å². The van der Waals surface area contributed by atoms with Crippen molar-refractivity contribution >= 4 is 28.5 Å². The molecule has 0 amide bonds. The largest absolute Gasteiger partial charge is 0.489 e. The molecule has 1 aromatic rings. The molecule has 0 spiro atoms. The highest BCUT2D eigenvalue weighted by atomic mass is 79.9. The Morgan fingerprint density at radius 2 is 1.73 bits per heavy atom. The number of rotatable bonds is 1. The summed E-state index contributed by atoms with van der Waals surface area (Å²) in [6, 6.07) is 0.889.